The largest absolute Gasteiger partial charge is 0.353 e. The van der Waals surface area contributed by atoms with Gasteiger partial charge in [-0.1, -0.05) is 26.2 Å². The first-order chi connectivity index (χ1) is 12.1. The van der Waals surface area contributed by atoms with Crippen molar-refractivity contribution in [2.75, 3.05) is 32.7 Å². The molecule has 0 spiro atoms. The fourth-order valence-corrected chi connectivity index (χ4v) is 4.01. The van der Waals surface area contributed by atoms with Gasteiger partial charge in [-0.25, -0.2) is 0 Å². The fraction of sp³-hybridized carbons (Fsp3) is 0.900. The monoisotopic (exact) mass is 351 g/mol. The standard InChI is InChI=1S/C20H37N3O2/c1-3-4-6-9-17(2)21-19(24)16-22-14-10-18(11-15-22)20(25)23-12-7-5-8-13-23/h17-18H,3-16H2,1-2H3,(H,21,24). The molecule has 2 rings (SSSR count). The number of unbranched alkanes of at least 4 members (excludes halogenated alkanes) is 2. The lowest BCUT2D eigenvalue weighted by atomic mass is 9.94. The second kappa shape index (κ2) is 10.8. The molecule has 0 aromatic rings. The van der Waals surface area contributed by atoms with Crippen molar-refractivity contribution in [3.05, 3.63) is 0 Å². The molecule has 0 bridgehead atoms. The second-order valence-corrected chi connectivity index (χ2v) is 7.90. The Balaban J connectivity index is 1.64. The molecule has 2 saturated heterocycles. The minimum atomic E-state index is 0.129. The van der Waals surface area contributed by atoms with Gasteiger partial charge in [0.2, 0.25) is 11.8 Å². The van der Waals surface area contributed by atoms with E-state index in [1.807, 2.05) is 0 Å². The highest BCUT2D eigenvalue weighted by molar-refractivity contribution is 5.79. The summed E-state index contributed by atoms with van der Waals surface area (Å²) in [6, 6.07) is 0.261. The highest BCUT2D eigenvalue weighted by Crippen LogP contribution is 2.21. The van der Waals surface area contributed by atoms with Gasteiger partial charge in [0.25, 0.3) is 0 Å². The van der Waals surface area contributed by atoms with Crippen molar-refractivity contribution in [3.8, 4) is 0 Å². The maximum absolute atomic E-state index is 12.6. The summed E-state index contributed by atoms with van der Waals surface area (Å²) in [4.78, 5) is 29.0. The average Bonchev–Trinajstić information content (AvgIpc) is 2.62. The SMILES string of the molecule is CCCCCC(C)NC(=O)CN1CCC(C(=O)N2CCCCC2)CC1. The van der Waals surface area contributed by atoms with Crippen LogP contribution in [-0.2, 0) is 9.59 Å². The third-order valence-electron chi connectivity index (χ3n) is 5.62. The first-order valence-corrected chi connectivity index (χ1v) is 10.4. The molecule has 2 aliphatic heterocycles. The molecule has 2 fully saturated rings. The number of hydrogen-bond acceptors (Lipinski definition) is 3. The Kier molecular flexibility index (Phi) is 8.73. The summed E-state index contributed by atoms with van der Waals surface area (Å²) < 4.78 is 0. The third-order valence-corrected chi connectivity index (χ3v) is 5.62. The Hall–Kier alpha value is -1.10. The van der Waals surface area contributed by atoms with Gasteiger partial charge in [-0.3, -0.25) is 14.5 Å². The number of nitrogens with zero attached hydrogens (tertiary/aromatic N) is 2. The number of carbonyl (C=O) groups excluding carboxylic acids is 2. The summed E-state index contributed by atoms with van der Waals surface area (Å²) in [6.45, 7) is 8.38. The Labute approximate surface area is 153 Å². The fourth-order valence-electron chi connectivity index (χ4n) is 4.01. The number of hydrogen-bond donors (Lipinski definition) is 1. The maximum Gasteiger partial charge on any atom is 0.234 e. The summed E-state index contributed by atoms with van der Waals surface area (Å²) in [5, 5.41) is 3.12. The minimum absolute atomic E-state index is 0.129. The van der Waals surface area contributed by atoms with E-state index in [0.717, 1.165) is 58.3 Å². The van der Waals surface area contributed by atoms with Crippen LogP contribution in [0.2, 0.25) is 0 Å². The normalized spacial score (nSPS) is 21.1. The van der Waals surface area contributed by atoms with Gasteiger partial charge in [0.1, 0.15) is 0 Å². The van der Waals surface area contributed by atoms with Gasteiger partial charge in [-0.2, -0.15) is 0 Å². The van der Waals surface area contributed by atoms with Crippen LogP contribution in [0, 0.1) is 5.92 Å². The molecule has 0 saturated carbocycles. The van der Waals surface area contributed by atoms with Crippen LogP contribution in [0.4, 0.5) is 0 Å². The van der Waals surface area contributed by atoms with Gasteiger partial charge in [-0.05, 0) is 58.5 Å². The van der Waals surface area contributed by atoms with Crippen LogP contribution in [0.3, 0.4) is 0 Å². The van der Waals surface area contributed by atoms with E-state index in [0.29, 0.717) is 12.5 Å². The molecule has 1 atom stereocenters. The summed E-state index contributed by atoms with van der Waals surface area (Å²) in [5.74, 6) is 0.656. The van der Waals surface area contributed by atoms with E-state index < -0.39 is 0 Å². The smallest absolute Gasteiger partial charge is 0.234 e. The molecule has 0 aromatic heterocycles. The lowest BCUT2D eigenvalue weighted by molar-refractivity contribution is -0.138. The number of nitrogens with one attached hydrogen (secondary N) is 1. The molecule has 5 nitrogen and oxygen atoms in total. The zero-order valence-electron chi connectivity index (χ0n) is 16.3. The molecule has 0 aromatic carbocycles. The molecule has 1 unspecified atom stereocenters. The van der Waals surface area contributed by atoms with Crippen LogP contribution in [0.1, 0.15) is 71.6 Å². The van der Waals surface area contributed by atoms with Crippen LogP contribution in [0.25, 0.3) is 0 Å². The Bertz CT molecular complexity index is 413. The van der Waals surface area contributed by atoms with Crippen molar-refractivity contribution < 1.29 is 9.59 Å². The number of likely N-dealkylation sites (tertiary alicyclic amines) is 2. The quantitative estimate of drug-likeness (QED) is 0.684. The van der Waals surface area contributed by atoms with E-state index in [9.17, 15) is 9.59 Å². The summed E-state index contributed by atoms with van der Waals surface area (Å²) in [6.07, 6.45) is 10.1. The minimum Gasteiger partial charge on any atom is -0.353 e. The van der Waals surface area contributed by atoms with E-state index in [2.05, 4.69) is 29.0 Å². The predicted octanol–water partition coefficient (Wildman–Crippen LogP) is 2.80. The molecule has 1 N–H and O–H groups in total. The van der Waals surface area contributed by atoms with Gasteiger partial charge in [0, 0.05) is 25.0 Å². The van der Waals surface area contributed by atoms with Gasteiger partial charge < -0.3 is 10.2 Å². The van der Waals surface area contributed by atoms with Crippen molar-refractivity contribution in [1.29, 1.82) is 0 Å². The molecule has 2 heterocycles. The molecule has 144 valence electrons. The van der Waals surface area contributed by atoms with Gasteiger partial charge in [-0.15, -0.1) is 0 Å². The highest BCUT2D eigenvalue weighted by atomic mass is 16.2. The van der Waals surface area contributed by atoms with Crippen molar-refractivity contribution in [2.24, 2.45) is 5.92 Å². The highest BCUT2D eigenvalue weighted by Gasteiger charge is 2.29. The van der Waals surface area contributed by atoms with Crippen molar-refractivity contribution in [3.63, 3.8) is 0 Å². The summed E-state index contributed by atoms with van der Waals surface area (Å²) in [7, 11) is 0. The second-order valence-electron chi connectivity index (χ2n) is 7.90. The van der Waals surface area contributed by atoms with Crippen LogP contribution in [0.5, 0.6) is 0 Å². The summed E-state index contributed by atoms with van der Waals surface area (Å²) in [5.41, 5.74) is 0. The molecular weight excluding hydrogens is 314 g/mol. The zero-order valence-corrected chi connectivity index (χ0v) is 16.3. The number of rotatable bonds is 8. The van der Waals surface area contributed by atoms with Gasteiger partial charge in [0.15, 0.2) is 0 Å². The lowest BCUT2D eigenvalue weighted by Crippen LogP contribution is -2.47. The Morgan fingerprint density at radius 3 is 2.36 bits per heavy atom. The first kappa shape index (κ1) is 20.2. The zero-order chi connectivity index (χ0) is 18.1. The van der Waals surface area contributed by atoms with Crippen molar-refractivity contribution >= 4 is 11.8 Å². The van der Waals surface area contributed by atoms with E-state index in [4.69, 9.17) is 0 Å². The van der Waals surface area contributed by atoms with E-state index >= 15 is 0 Å². The van der Waals surface area contributed by atoms with E-state index in [1.165, 1.54) is 25.7 Å². The third kappa shape index (κ3) is 6.96. The van der Waals surface area contributed by atoms with Crippen LogP contribution in [0.15, 0.2) is 0 Å². The molecule has 5 heteroatoms. The molecule has 2 amide bonds. The molecule has 25 heavy (non-hydrogen) atoms. The van der Waals surface area contributed by atoms with Crippen LogP contribution >= 0.6 is 0 Å². The van der Waals surface area contributed by atoms with Gasteiger partial charge >= 0.3 is 0 Å². The van der Waals surface area contributed by atoms with Crippen molar-refractivity contribution in [1.82, 2.24) is 15.1 Å². The van der Waals surface area contributed by atoms with Crippen LogP contribution in [-0.4, -0.2) is 60.4 Å². The van der Waals surface area contributed by atoms with E-state index in [1.54, 1.807) is 0 Å². The first-order valence-electron chi connectivity index (χ1n) is 10.4. The van der Waals surface area contributed by atoms with E-state index in [-0.39, 0.29) is 17.9 Å². The molecule has 0 radical (unpaired) electrons. The Morgan fingerprint density at radius 1 is 1.04 bits per heavy atom. The summed E-state index contributed by atoms with van der Waals surface area (Å²) >= 11 is 0. The molecule has 2 aliphatic rings. The number of amides is 2. The lowest BCUT2D eigenvalue weighted by Gasteiger charge is -2.35. The maximum atomic E-state index is 12.6. The van der Waals surface area contributed by atoms with Crippen molar-refractivity contribution in [2.45, 2.75) is 77.7 Å². The topological polar surface area (TPSA) is 52.7 Å². The van der Waals surface area contributed by atoms with Gasteiger partial charge in [0.05, 0.1) is 6.54 Å². The Morgan fingerprint density at radius 2 is 1.72 bits per heavy atom. The predicted molar refractivity (Wildman–Crippen MR) is 101 cm³/mol. The number of carbonyl (C=O) groups is 2. The molecular formula is C20H37N3O2. The molecule has 0 aliphatic carbocycles. The number of piperidine rings is 2. The van der Waals surface area contributed by atoms with Crippen LogP contribution < -0.4 is 5.32 Å². The average molecular weight is 352 g/mol.